The molecule has 1 rings (SSSR count). The van der Waals surface area contributed by atoms with Crippen LogP contribution in [0.3, 0.4) is 0 Å². The normalized spacial score (nSPS) is 14.9. The Hall–Kier alpha value is -4.00. The minimum atomic E-state index is -0.823. The molecule has 3 atom stereocenters. The number of unbranched alkanes of at least 4 members (excludes halogenated alkanes) is 2. The van der Waals surface area contributed by atoms with Gasteiger partial charge in [0.05, 0.1) is 25.1 Å². The number of hydrogen-bond acceptors (Lipinski definition) is 7. The van der Waals surface area contributed by atoms with Crippen LogP contribution < -0.4 is 22.4 Å². The molecule has 0 aromatic carbocycles. The molecule has 0 bridgehead atoms. The lowest BCUT2D eigenvalue weighted by atomic mass is 9.92. The van der Waals surface area contributed by atoms with Gasteiger partial charge in [0.2, 0.25) is 11.9 Å². The summed E-state index contributed by atoms with van der Waals surface area (Å²) in [6.07, 6.45) is 14.7. The number of nitriles is 1. The lowest BCUT2D eigenvalue weighted by Gasteiger charge is -2.21. The first-order valence-corrected chi connectivity index (χ1v) is 14.0. The fourth-order valence-corrected chi connectivity index (χ4v) is 4.11. The number of carbonyl (C=O) groups is 1. The van der Waals surface area contributed by atoms with Crippen molar-refractivity contribution in [3.63, 3.8) is 0 Å². The number of anilines is 1. The van der Waals surface area contributed by atoms with E-state index >= 15 is 0 Å². The van der Waals surface area contributed by atoms with Gasteiger partial charge in [-0.25, -0.2) is 14.2 Å². The molecule has 0 radical (unpaired) electrons. The molecule has 3 unspecified atom stereocenters. The van der Waals surface area contributed by atoms with E-state index in [2.05, 4.69) is 54.8 Å². The molecule has 10 heteroatoms. The fourth-order valence-electron chi connectivity index (χ4n) is 4.11. The number of hydrogen-bond donors (Lipinski definition) is 3. The summed E-state index contributed by atoms with van der Waals surface area (Å²) in [5, 5.41) is 12.3. The van der Waals surface area contributed by atoms with Crippen LogP contribution in [0, 0.1) is 23.2 Å². The molecule has 0 saturated heterocycles. The summed E-state index contributed by atoms with van der Waals surface area (Å²) in [4.78, 5) is 48.7. The van der Waals surface area contributed by atoms with Gasteiger partial charge in [-0.15, -0.1) is 0 Å². The Labute approximate surface area is 237 Å². The van der Waals surface area contributed by atoms with Gasteiger partial charge >= 0.3 is 11.4 Å². The van der Waals surface area contributed by atoms with E-state index in [0.29, 0.717) is 6.42 Å². The van der Waals surface area contributed by atoms with Crippen molar-refractivity contribution < 1.29 is 4.79 Å². The largest absolute Gasteiger partial charge is 0.366 e. The zero-order valence-electron chi connectivity index (χ0n) is 24.6. The van der Waals surface area contributed by atoms with Gasteiger partial charge in [-0.2, -0.15) is 10.2 Å². The highest BCUT2D eigenvalue weighted by Gasteiger charge is 2.17. The average molecular weight is 552 g/mol. The maximum absolute atomic E-state index is 12.8. The SMILES string of the molecule is C=C/C=C(/Cn1c(=O)nc(NC(=C/C(/C=N\C(CC)CC#N)CCCCC)/C(=C\C)C(C)CC)[nH]c1=O)C(N)=O. The lowest BCUT2D eigenvalue weighted by molar-refractivity contribution is -0.114. The van der Waals surface area contributed by atoms with Gasteiger partial charge < -0.3 is 11.1 Å². The van der Waals surface area contributed by atoms with Gasteiger partial charge in [-0.1, -0.05) is 77.8 Å². The van der Waals surface area contributed by atoms with E-state index < -0.39 is 17.3 Å². The Bertz CT molecular complexity index is 1230. The number of aliphatic imine (C=N–C) groups is 1. The van der Waals surface area contributed by atoms with Gasteiger partial charge in [0.1, 0.15) is 0 Å². The van der Waals surface area contributed by atoms with E-state index in [1.54, 1.807) is 0 Å². The number of aromatic nitrogens is 3. The van der Waals surface area contributed by atoms with E-state index in [1.165, 1.54) is 12.2 Å². The number of H-pyrrole nitrogens is 1. The third kappa shape index (κ3) is 11.0. The summed E-state index contributed by atoms with van der Waals surface area (Å²) >= 11 is 0. The summed E-state index contributed by atoms with van der Waals surface area (Å²) in [5.41, 5.74) is 5.59. The Balaban J connectivity index is 3.57. The summed E-state index contributed by atoms with van der Waals surface area (Å²) in [6, 6.07) is 2.14. The van der Waals surface area contributed by atoms with E-state index in [9.17, 15) is 14.4 Å². The standard InChI is InChI=1S/C30H45N7O3/c1-7-12-13-15-22(19-33-24(10-4)16-17-31)18-26(25(11-5)21(6)9-3)34-28-35-29(39)37(30(40)36-28)20-23(14-8-2)27(32)38/h8,11,14,18-19,21-22,24H,2,7,9-10,12-13,15-16,20H2,1,3-6H3,(H2,32,38)(H2,34,35,36,39,40)/b23-14-,25-11-,26-18+,33-19-. The van der Waals surface area contributed by atoms with Crippen LogP contribution in [-0.2, 0) is 11.3 Å². The summed E-state index contributed by atoms with van der Waals surface area (Å²) in [7, 11) is 0. The van der Waals surface area contributed by atoms with Gasteiger partial charge in [-0.05, 0) is 37.7 Å². The highest BCUT2D eigenvalue weighted by Crippen LogP contribution is 2.25. The summed E-state index contributed by atoms with van der Waals surface area (Å²) in [6.45, 7) is 13.5. The molecule has 0 aliphatic rings. The van der Waals surface area contributed by atoms with Gasteiger partial charge in [0, 0.05) is 23.4 Å². The second-order valence-corrected chi connectivity index (χ2v) is 9.69. The van der Waals surface area contributed by atoms with Crippen LogP contribution in [0.2, 0.25) is 0 Å². The molecular weight excluding hydrogens is 506 g/mol. The van der Waals surface area contributed by atoms with Crippen molar-refractivity contribution in [2.24, 2.45) is 22.6 Å². The van der Waals surface area contributed by atoms with E-state index in [0.717, 1.165) is 54.4 Å². The van der Waals surface area contributed by atoms with Crippen LogP contribution in [0.1, 0.15) is 79.6 Å². The molecule has 0 aliphatic heterocycles. The molecule has 0 aliphatic carbocycles. The molecule has 40 heavy (non-hydrogen) atoms. The number of rotatable bonds is 18. The quantitative estimate of drug-likeness (QED) is 0.103. The van der Waals surface area contributed by atoms with Crippen molar-refractivity contribution >= 4 is 18.1 Å². The molecule has 0 fully saturated rings. The predicted octanol–water partition coefficient (Wildman–Crippen LogP) is 4.78. The topological polar surface area (TPSA) is 159 Å². The zero-order chi connectivity index (χ0) is 30.1. The number of aromatic amines is 1. The number of nitrogens with zero attached hydrogens (tertiary/aromatic N) is 4. The van der Waals surface area contributed by atoms with E-state index in [1.807, 2.05) is 26.1 Å². The molecule has 218 valence electrons. The van der Waals surface area contributed by atoms with E-state index in [4.69, 9.17) is 16.0 Å². The monoisotopic (exact) mass is 551 g/mol. The highest BCUT2D eigenvalue weighted by molar-refractivity contribution is 5.92. The first kappa shape index (κ1) is 34.0. The maximum atomic E-state index is 12.8. The van der Waals surface area contributed by atoms with Crippen molar-refractivity contribution in [3.05, 3.63) is 68.7 Å². The second kappa shape index (κ2) is 18.3. The highest BCUT2D eigenvalue weighted by atomic mass is 16.2. The molecule has 1 aromatic rings. The van der Waals surface area contributed by atoms with Crippen molar-refractivity contribution in [2.75, 3.05) is 5.32 Å². The number of nitrogens with one attached hydrogen (secondary N) is 2. The van der Waals surface area contributed by atoms with Crippen molar-refractivity contribution in [2.45, 2.75) is 92.2 Å². The Morgan fingerprint density at radius 1 is 1.27 bits per heavy atom. The molecule has 1 aromatic heterocycles. The lowest BCUT2D eigenvalue weighted by Crippen LogP contribution is -2.39. The van der Waals surface area contributed by atoms with Gasteiger partial charge in [0.25, 0.3) is 0 Å². The summed E-state index contributed by atoms with van der Waals surface area (Å²) in [5.74, 6) is -0.613. The predicted molar refractivity (Wildman–Crippen MR) is 162 cm³/mol. The Kier molecular flexibility index (Phi) is 15.6. The van der Waals surface area contributed by atoms with Crippen LogP contribution in [0.5, 0.6) is 0 Å². The zero-order valence-corrected chi connectivity index (χ0v) is 24.6. The number of nitrogens with two attached hydrogens (primary N) is 1. The van der Waals surface area contributed by atoms with Gasteiger partial charge in [-0.3, -0.25) is 14.8 Å². The third-order valence-electron chi connectivity index (χ3n) is 6.70. The van der Waals surface area contributed by atoms with Gasteiger partial charge in [0.15, 0.2) is 0 Å². The second-order valence-electron chi connectivity index (χ2n) is 9.69. The molecule has 1 heterocycles. The Morgan fingerprint density at radius 2 is 2.00 bits per heavy atom. The molecule has 0 saturated carbocycles. The van der Waals surface area contributed by atoms with Crippen LogP contribution >= 0.6 is 0 Å². The smallest absolute Gasteiger partial charge is 0.355 e. The minimum Gasteiger partial charge on any atom is -0.366 e. The third-order valence-corrected chi connectivity index (χ3v) is 6.70. The van der Waals surface area contributed by atoms with Crippen molar-refractivity contribution in [1.82, 2.24) is 14.5 Å². The van der Waals surface area contributed by atoms with Crippen LogP contribution in [0.15, 0.2) is 62.3 Å². The number of carbonyl (C=O) groups excluding carboxylic acids is 1. The van der Waals surface area contributed by atoms with E-state index in [-0.39, 0.29) is 35.9 Å². The van der Waals surface area contributed by atoms with Crippen LogP contribution in [0.4, 0.5) is 5.95 Å². The first-order chi connectivity index (χ1) is 19.1. The van der Waals surface area contributed by atoms with Crippen LogP contribution in [0.25, 0.3) is 0 Å². The maximum Gasteiger partial charge on any atom is 0.355 e. The molecule has 4 N–H and O–H groups in total. The number of amides is 1. The molecule has 0 spiro atoms. The average Bonchev–Trinajstić information content (AvgIpc) is 2.92. The summed E-state index contributed by atoms with van der Waals surface area (Å²) < 4.78 is 0.806. The first-order valence-electron chi connectivity index (χ1n) is 14.0. The van der Waals surface area contributed by atoms with Crippen molar-refractivity contribution in [1.29, 1.82) is 5.26 Å². The van der Waals surface area contributed by atoms with Crippen molar-refractivity contribution in [3.8, 4) is 6.07 Å². The molecular formula is C30H45N7O3. The number of allylic oxidation sites excluding steroid dienone is 5. The molecule has 1 amide bonds. The minimum absolute atomic E-state index is 0.00589. The fraction of sp³-hybridized carbons (Fsp3) is 0.533. The number of primary amides is 1. The van der Waals surface area contributed by atoms with Crippen LogP contribution in [-0.4, -0.2) is 32.7 Å². The Morgan fingerprint density at radius 3 is 2.52 bits per heavy atom. The molecule has 10 nitrogen and oxygen atoms in total.